The van der Waals surface area contributed by atoms with E-state index in [4.69, 9.17) is 5.26 Å². The number of nitrogens with zero attached hydrogens (tertiary/aromatic N) is 2. The fourth-order valence-corrected chi connectivity index (χ4v) is 1.78. The lowest BCUT2D eigenvalue weighted by Gasteiger charge is -2.28. The van der Waals surface area contributed by atoms with Gasteiger partial charge in [0.15, 0.2) is 0 Å². The molecule has 0 aliphatic carbocycles. The average molecular weight is 224 g/mol. The second-order valence-corrected chi connectivity index (χ2v) is 4.47. The maximum Gasteiger partial charge on any atom is 0.226 e. The maximum atomic E-state index is 12.2. The first-order chi connectivity index (χ1) is 7.58. The van der Waals surface area contributed by atoms with Crippen molar-refractivity contribution in [3.8, 4) is 6.07 Å². The van der Waals surface area contributed by atoms with Crippen LogP contribution in [0.5, 0.6) is 0 Å². The van der Waals surface area contributed by atoms with E-state index in [0.717, 1.165) is 25.7 Å². The molecule has 1 unspecified atom stereocenters. The van der Waals surface area contributed by atoms with E-state index in [-0.39, 0.29) is 24.4 Å². The van der Waals surface area contributed by atoms with Crippen molar-refractivity contribution < 1.29 is 4.79 Å². The molecule has 0 fully saturated rings. The Bertz CT molecular complexity index is 243. The van der Waals surface area contributed by atoms with Crippen molar-refractivity contribution in [2.24, 2.45) is 5.92 Å². The second kappa shape index (κ2) is 8.15. The van der Waals surface area contributed by atoms with Crippen molar-refractivity contribution in [2.45, 2.75) is 59.4 Å². The number of amides is 1. The molecule has 0 spiro atoms. The van der Waals surface area contributed by atoms with Crippen LogP contribution < -0.4 is 0 Å². The first-order valence-electron chi connectivity index (χ1n) is 6.25. The van der Waals surface area contributed by atoms with E-state index in [1.54, 1.807) is 4.90 Å². The SMILES string of the molecule is CCCCC(CC)C(=O)N(CC#N)C(C)C. The van der Waals surface area contributed by atoms with Crippen molar-refractivity contribution in [2.75, 3.05) is 6.54 Å². The van der Waals surface area contributed by atoms with Gasteiger partial charge in [0, 0.05) is 12.0 Å². The van der Waals surface area contributed by atoms with Crippen LogP contribution in [-0.4, -0.2) is 23.4 Å². The quantitative estimate of drug-likeness (QED) is 0.624. The first-order valence-corrected chi connectivity index (χ1v) is 6.25. The highest BCUT2D eigenvalue weighted by atomic mass is 16.2. The highest BCUT2D eigenvalue weighted by Crippen LogP contribution is 2.17. The van der Waals surface area contributed by atoms with Gasteiger partial charge < -0.3 is 4.90 Å². The zero-order chi connectivity index (χ0) is 12.6. The molecule has 0 saturated heterocycles. The Balaban J connectivity index is 4.49. The molecular formula is C13H24N2O. The number of rotatable bonds is 7. The Morgan fingerprint density at radius 3 is 2.38 bits per heavy atom. The third-order valence-electron chi connectivity index (χ3n) is 2.90. The Labute approximate surface area is 99.4 Å². The summed E-state index contributed by atoms with van der Waals surface area (Å²) in [5, 5.41) is 8.72. The predicted molar refractivity (Wildman–Crippen MR) is 65.8 cm³/mol. The van der Waals surface area contributed by atoms with Crippen LogP contribution in [0.3, 0.4) is 0 Å². The molecule has 92 valence electrons. The van der Waals surface area contributed by atoms with E-state index in [2.05, 4.69) is 13.0 Å². The Hall–Kier alpha value is -1.04. The standard InChI is InChI=1S/C13H24N2O/c1-5-7-8-12(6-2)13(16)15(10-9-14)11(3)4/h11-12H,5-8,10H2,1-4H3. The van der Waals surface area contributed by atoms with Crippen LogP contribution in [0.4, 0.5) is 0 Å². The highest BCUT2D eigenvalue weighted by Gasteiger charge is 2.23. The Morgan fingerprint density at radius 2 is 2.00 bits per heavy atom. The van der Waals surface area contributed by atoms with E-state index in [1.807, 2.05) is 20.8 Å². The maximum absolute atomic E-state index is 12.2. The number of nitriles is 1. The number of hydrogen-bond acceptors (Lipinski definition) is 2. The van der Waals surface area contributed by atoms with Gasteiger partial charge in [-0.15, -0.1) is 0 Å². The van der Waals surface area contributed by atoms with Crippen molar-refractivity contribution in [1.29, 1.82) is 5.26 Å². The van der Waals surface area contributed by atoms with Crippen molar-refractivity contribution >= 4 is 5.91 Å². The number of unbranched alkanes of at least 4 members (excludes halogenated alkanes) is 1. The van der Waals surface area contributed by atoms with Gasteiger partial charge in [-0.05, 0) is 26.7 Å². The van der Waals surface area contributed by atoms with Gasteiger partial charge >= 0.3 is 0 Å². The monoisotopic (exact) mass is 224 g/mol. The van der Waals surface area contributed by atoms with Crippen LogP contribution in [0.2, 0.25) is 0 Å². The molecule has 3 nitrogen and oxygen atoms in total. The van der Waals surface area contributed by atoms with E-state index in [0.29, 0.717) is 0 Å². The van der Waals surface area contributed by atoms with Crippen LogP contribution in [-0.2, 0) is 4.79 Å². The first kappa shape index (κ1) is 15.0. The van der Waals surface area contributed by atoms with Gasteiger partial charge in [-0.25, -0.2) is 0 Å². The summed E-state index contributed by atoms with van der Waals surface area (Å²) < 4.78 is 0. The summed E-state index contributed by atoms with van der Waals surface area (Å²) in [7, 11) is 0. The smallest absolute Gasteiger partial charge is 0.226 e. The molecule has 0 aliphatic rings. The molecule has 0 aliphatic heterocycles. The van der Waals surface area contributed by atoms with Gasteiger partial charge in [-0.1, -0.05) is 26.7 Å². The summed E-state index contributed by atoms with van der Waals surface area (Å²) in [5.74, 6) is 0.239. The van der Waals surface area contributed by atoms with Crippen LogP contribution >= 0.6 is 0 Å². The minimum Gasteiger partial charge on any atom is -0.327 e. The summed E-state index contributed by atoms with van der Waals surface area (Å²) in [6.07, 6.45) is 4.01. The van der Waals surface area contributed by atoms with Crippen molar-refractivity contribution in [3.05, 3.63) is 0 Å². The molecule has 0 aromatic heterocycles. The number of carbonyl (C=O) groups excluding carboxylic acids is 1. The third-order valence-corrected chi connectivity index (χ3v) is 2.90. The van der Waals surface area contributed by atoms with Gasteiger partial charge in [0.2, 0.25) is 5.91 Å². The van der Waals surface area contributed by atoms with Gasteiger partial charge in [-0.2, -0.15) is 5.26 Å². The molecule has 0 rings (SSSR count). The minimum atomic E-state index is 0.0932. The molecule has 0 aromatic carbocycles. The van der Waals surface area contributed by atoms with E-state index < -0.39 is 0 Å². The molecule has 0 bridgehead atoms. The minimum absolute atomic E-state index is 0.0932. The van der Waals surface area contributed by atoms with Crippen LogP contribution in [0.1, 0.15) is 53.4 Å². The summed E-state index contributed by atoms with van der Waals surface area (Å²) in [6.45, 7) is 8.30. The zero-order valence-electron chi connectivity index (χ0n) is 11.0. The summed E-state index contributed by atoms with van der Waals surface area (Å²) in [4.78, 5) is 13.9. The molecule has 0 heterocycles. The van der Waals surface area contributed by atoms with E-state index in [1.165, 1.54) is 0 Å². The largest absolute Gasteiger partial charge is 0.327 e. The van der Waals surface area contributed by atoms with Gasteiger partial charge in [0.25, 0.3) is 0 Å². The number of hydrogen-bond donors (Lipinski definition) is 0. The normalized spacial score (nSPS) is 12.2. The highest BCUT2D eigenvalue weighted by molar-refractivity contribution is 5.79. The molecule has 3 heteroatoms. The van der Waals surface area contributed by atoms with Crippen molar-refractivity contribution in [3.63, 3.8) is 0 Å². The lowest BCUT2D eigenvalue weighted by atomic mass is 9.97. The van der Waals surface area contributed by atoms with Gasteiger partial charge in [-0.3, -0.25) is 4.79 Å². The van der Waals surface area contributed by atoms with Gasteiger partial charge in [0.05, 0.1) is 6.07 Å². The van der Waals surface area contributed by atoms with Crippen LogP contribution in [0, 0.1) is 17.2 Å². The molecule has 0 saturated carbocycles. The average Bonchev–Trinajstić information content (AvgIpc) is 2.26. The Morgan fingerprint density at radius 1 is 1.38 bits per heavy atom. The Kier molecular flexibility index (Phi) is 7.62. The molecule has 0 N–H and O–H groups in total. The van der Waals surface area contributed by atoms with E-state index in [9.17, 15) is 4.79 Å². The van der Waals surface area contributed by atoms with Crippen molar-refractivity contribution in [1.82, 2.24) is 4.90 Å². The summed E-state index contributed by atoms with van der Waals surface area (Å²) in [6, 6.07) is 2.18. The van der Waals surface area contributed by atoms with E-state index >= 15 is 0 Å². The fraction of sp³-hybridized carbons (Fsp3) is 0.846. The third kappa shape index (κ3) is 4.65. The lowest BCUT2D eigenvalue weighted by molar-refractivity contribution is -0.136. The van der Waals surface area contributed by atoms with Crippen LogP contribution in [0.25, 0.3) is 0 Å². The predicted octanol–water partition coefficient (Wildman–Crippen LogP) is 2.96. The van der Waals surface area contributed by atoms with Crippen LogP contribution in [0.15, 0.2) is 0 Å². The number of carbonyl (C=O) groups is 1. The fourth-order valence-electron chi connectivity index (χ4n) is 1.78. The summed E-state index contributed by atoms with van der Waals surface area (Å²) in [5.41, 5.74) is 0. The summed E-state index contributed by atoms with van der Waals surface area (Å²) >= 11 is 0. The lowest BCUT2D eigenvalue weighted by Crippen LogP contribution is -2.41. The van der Waals surface area contributed by atoms with Gasteiger partial charge in [0.1, 0.15) is 6.54 Å². The molecule has 1 atom stereocenters. The molecule has 0 radical (unpaired) electrons. The molecule has 0 aromatic rings. The molecule has 1 amide bonds. The molecule has 16 heavy (non-hydrogen) atoms. The topological polar surface area (TPSA) is 44.1 Å². The second-order valence-electron chi connectivity index (χ2n) is 4.47. The zero-order valence-corrected chi connectivity index (χ0v) is 11.0. The molecular weight excluding hydrogens is 200 g/mol.